The Kier molecular flexibility index (Phi) is 6.50. The van der Waals surface area contributed by atoms with Crippen molar-refractivity contribution in [1.82, 2.24) is 0 Å². The van der Waals surface area contributed by atoms with Crippen LogP contribution in [-0.2, 0) is 3.74 Å². The van der Waals surface area contributed by atoms with Crippen LogP contribution in [0.15, 0.2) is 82.2 Å². The van der Waals surface area contributed by atoms with Gasteiger partial charge in [0.1, 0.15) is 3.74 Å². The number of hydrogen-bond acceptors (Lipinski definition) is 4. The Morgan fingerprint density at radius 3 is 1.68 bits per heavy atom. The van der Waals surface area contributed by atoms with E-state index in [0.29, 0.717) is 15.5 Å². The van der Waals surface area contributed by atoms with Crippen LogP contribution in [0.25, 0.3) is 0 Å². The summed E-state index contributed by atoms with van der Waals surface area (Å²) >= 11 is 0. The van der Waals surface area contributed by atoms with Crippen molar-refractivity contribution in [3.8, 4) is 0 Å². The Morgan fingerprint density at radius 1 is 0.880 bits per heavy atom. The lowest BCUT2D eigenvalue weighted by Crippen LogP contribution is -2.61. The second-order valence-electron chi connectivity index (χ2n) is 6.68. The van der Waals surface area contributed by atoms with Crippen LogP contribution in [0.5, 0.6) is 0 Å². The molecular formula is C18H23ClO4SSi. The lowest BCUT2D eigenvalue weighted by atomic mass is 10.4. The molecule has 0 aliphatic rings. The Morgan fingerprint density at radius 2 is 1.32 bits per heavy atom. The maximum atomic E-state index is 11.6. The van der Waals surface area contributed by atoms with Gasteiger partial charge in [-0.25, -0.2) is 0 Å². The third-order valence-corrected chi connectivity index (χ3v) is 8.82. The SMILES string of the molecule is C[Si](C)(C)/C=C/CS(O[Cl+3]([O-])([O-])[O-])(c1ccccc1)c1ccccc1. The lowest BCUT2D eigenvalue weighted by molar-refractivity contribution is -1.91. The minimum absolute atomic E-state index is 0.333. The van der Waals surface area contributed by atoms with Gasteiger partial charge in [0.2, 0.25) is 0 Å². The Hall–Kier alpha value is -1.12. The zero-order valence-corrected chi connectivity index (χ0v) is 17.1. The topological polar surface area (TPSA) is 78.4 Å². The summed E-state index contributed by atoms with van der Waals surface area (Å²) < 4.78 is 39.9. The smallest absolute Gasteiger partial charge is 0.130 e. The first-order chi connectivity index (χ1) is 11.6. The van der Waals surface area contributed by atoms with E-state index in [0.717, 1.165) is 0 Å². The Bertz CT molecular complexity index is 657. The van der Waals surface area contributed by atoms with Crippen LogP contribution in [0.1, 0.15) is 0 Å². The van der Waals surface area contributed by atoms with Gasteiger partial charge in [-0.2, -0.15) is 14.0 Å². The summed E-state index contributed by atoms with van der Waals surface area (Å²) in [6.07, 6.45) is 1.96. The molecule has 0 unspecified atom stereocenters. The second kappa shape index (κ2) is 8.05. The van der Waals surface area contributed by atoms with Gasteiger partial charge >= 0.3 is 0 Å². The van der Waals surface area contributed by atoms with Crippen LogP contribution in [0, 0.1) is 10.2 Å². The number of hydrogen-bond donors (Lipinski definition) is 0. The summed E-state index contributed by atoms with van der Waals surface area (Å²) in [5.41, 5.74) is 2.14. The van der Waals surface area contributed by atoms with Gasteiger partial charge in [0.05, 0.1) is 28.6 Å². The fraction of sp³-hybridized carbons (Fsp3) is 0.222. The van der Waals surface area contributed by atoms with Crippen molar-refractivity contribution in [2.75, 3.05) is 5.75 Å². The molecule has 136 valence electrons. The van der Waals surface area contributed by atoms with Gasteiger partial charge in [0, 0.05) is 15.5 Å². The van der Waals surface area contributed by atoms with E-state index in [1.165, 1.54) is 0 Å². The number of benzene rings is 2. The zero-order chi connectivity index (χ0) is 18.6. The van der Waals surface area contributed by atoms with Crippen molar-refractivity contribution >= 4 is 18.4 Å². The lowest BCUT2D eigenvalue weighted by Gasteiger charge is -2.33. The molecule has 0 bridgehead atoms. The molecule has 0 aromatic heterocycles. The van der Waals surface area contributed by atoms with Crippen molar-refractivity contribution in [3.63, 3.8) is 0 Å². The molecule has 0 radical (unpaired) electrons. The van der Waals surface area contributed by atoms with Crippen molar-refractivity contribution in [2.45, 2.75) is 29.4 Å². The summed E-state index contributed by atoms with van der Waals surface area (Å²) in [7, 11) is -8.56. The van der Waals surface area contributed by atoms with E-state index in [-0.39, 0.29) is 0 Å². The first-order valence-corrected chi connectivity index (χ1v) is 14.4. The Labute approximate surface area is 154 Å². The van der Waals surface area contributed by atoms with Crippen LogP contribution in [0.3, 0.4) is 0 Å². The van der Waals surface area contributed by atoms with E-state index in [9.17, 15) is 14.0 Å². The van der Waals surface area contributed by atoms with Gasteiger partial charge in [0.25, 0.3) is 0 Å². The van der Waals surface area contributed by atoms with Crippen molar-refractivity contribution in [3.05, 3.63) is 72.4 Å². The maximum Gasteiger partial charge on any atom is 0.130 e. The molecule has 0 saturated heterocycles. The largest absolute Gasteiger partial charge is 0.182 e. The van der Waals surface area contributed by atoms with Gasteiger partial charge in [-0.05, 0) is 24.3 Å². The summed E-state index contributed by atoms with van der Waals surface area (Å²) in [5, 5.41) is 0. The van der Waals surface area contributed by atoms with E-state index in [4.69, 9.17) is 3.74 Å². The highest BCUT2D eigenvalue weighted by Gasteiger charge is 2.43. The standard InChI is InChI=1S/C18H23ClO4SSi/c1-25(2,3)16-10-15-24(23-19(20,21)22,17-11-6-4-7-12-17)18-13-8-5-9-14-18/h4-14,16H,15H2,1-3H3/b16-10+. The Balaban J connectivity index is 2.59. The predicted molar refractivity (Wildman–Crippen MR) is 95.4 cm³/mol. The molecule has 0 amide bonds. The van der Waals surface area contributed by atoms with Crippen LogP contribution in [-0.4, -0.2) is 13.8 Å². The molecule has 0 fully saturated rings. The summed E-state index contributed by atoms with van der Waals surface area (Å²) in [4.78, 5) is 1.40. The van der Waals surface area contributed by atoms with E-state index in [1.54, 1.807) is 0 Å². The zero-order valence-electron chi connectivity index (χ0n) is 14.6. The first kappa shape index (κ1) is 20.2. The normalized spacial score (nSPS) is 14.0. The molecule has 0 aliphatic heterocycles. The summed E-state index contributed by atoms with van der Waals surface area (Å²) in [5.74, 6) is 0.333. The van der Waals surface area contributed by atoms with Gasteiger partial charge < -0.3 is 0 Å². The maximum absolute atomic E-state index is 11.6. The van der Waals surface area contributed by atoms with Gasteiger partial charge in [-0.1, -0.05) is 67.8 Å². The molecule has 4 nitrogen and oxygen atoms in total. The van der Waals surface area contributed by atoms with E-state index < -0.39 is 28.6 Å². The fourth-order valence-electron chi connectivity index (χ4n) is 2.38. The summed E-state index contributed by atoms with van der Waals surface area (Å²) in [6, 6.07) is 18.2. The molecular weight excluding hydrogens is 376 g/mol. The molecule has 2 aromatic rings. The van der Waals surface area contributed by atoms with Crippen molar-refractivity contribution < 1.29 is 28.0 Å². The molecule has 0 aliphatic carbocycles. The third-order valence-electron chi connectivity index (χ3n) is 3.38. The highest BCUT2D eigenvalue weighted by atomic mass is 35.7. The highest BCUT2D eigenvalue weighted by Crippen LogP contribution is 2.64. The van der Waals surface area contributed by atoms with Gasteiger partial charge in [-0.3, -0.25) is 0 Å². The minimum atomic E-state index is -4.57. The monoisotopic (exact) mass is 398 g/mol. The van der Waals surface area contributed by atoms with Crippen LogP contribution in [0.2, 0.25) is 19.6 Å². The highest BCUT2D eigenvalue weighted by molar-refractivity contribution is 8.30. The molecule has 0 N–H and O–H groups in total. The third kappa shape index (κ3) is 5.97. The van der Waals surface area contributed by atoms with Crippen LogP contribution < -0.4 is 14.0 Å². The molecule has 0 saturated carbocycles. The van der Waals surface area contributed by atoms with E-state index in [2.05, 4.69) is 25.3 Å². The van der Waals surface area contributed by atoms with E-state index in [1.807, 2.05) is 66.7 Å². The average Bonchev–Trinajstić information content (AvgIpc) is 2.53. The van der Waals surface area contributed by atoms with Gasteiger partial charge in [0.15, 0.2) is 0 Å². The molecule has 2 rings (SSSR count). The predicted octanol–water partition coefficient (Wildman–Crippen LogP) is 2.17. The first-order valence-electron chi connectivity index (χ1n) is 7.83. The van der Waals surface area contributed by atoms with Crippen molar-refractivity contribution in [1.29, 1.82) is 0 Å². The number of halogens is 1. The van der Waals surface area contributed by atoms with Crippen LogP contribution in [0.4, 0.5) is 0 Å². The van der Waals surface area contributed by atoms with Gasteiger partial charge in [-0.15, -0.1) is 0 Å². The minimum Gasteiger partial charge on any atom is -0.182 e. The molecule has 0 atom stereocenters. The average molecular weight is 399 g/mol. The van der Waals surface area contributed by atoms with Crippen molar-refractivity contribution in [2.24, 2.45) is 0 Å². The molecule has 2 aromatic carbocycles. The number of rotatable bonds is 7. The second-order valence-corrected chi connectivity index (χ2v) is 15.6. The summed E-state index contributed by atoms with van der Waals surface area (Å²) in [6.45, 7) is 6.57. The molecule has 0 heterocycles. The fourth-order valence-corrected chi connectivity index (χ4v) is 7.43. The van der Waals surface area contributed by atoms with Crippen LogP contribution >= 0.6 is 10.3 Å². The molecule has 0 spiro atoms. The quantitative estimate of drug-likeness (QED) is 0.669. The molecule has 7 heteroatoms. The van der Waals surface area contributed by atoms with E-state index >= 15 is 0 Å². The molecule has 25 heavy (non-hydrogen) atoms.